The van der Waals surface area contributed by atoms with Gasteiger partial charge >= 0.3 is 5.97 Å². The van der Waals surface area contributed by atoms with Crippen LogP contribution in [0.15, 0.2) is 18.2 Å². The van der Waals surface area contributed by atoms with Crippen LogP contribution in [0.3, 0.4) is 0 Å². The summed E-state index contributed by atoms with van der Waals surface area (Å²) >= 11 is 1.21. The number of ketones is 1. The lowest BCUT2D eigenvalue weighted by molar-refractivity contribution is -0.129. The lowest BCUT2D eigenvalue weighted by Crippen LogP contribution is -2.30. The van der Waals surface area contributed by atoms with E-state index in [0.717, 1.165) is 17.5 Å². The molecule has 0 spiro atoms. The Morgan fingerprint density at radius 1 is 1.38 bits per heavy atom. The Labute approximate surface area is 125 Å². The highest BCUT2D eigenvalue weighted by atomic mass is 32.1. The Hall–Kier alpha value is -1.75. The van der Waals surface area contributed by atoms with Crippen LogP contribution in [0.25, 0.3) is 10.1 Å². The first kappa shape index (κ1) is 14.2. The van der Waals surface area contributed by atoms with Crippen molar-refractivity contribution in [3.63, 3.8) is 0 Å². The average molecular weight is 306 g/mol. The zero-order valence-electron chi connectivity index (χ0n) is 11.6. The molecule has 21 heavy (non-hydrogen) atoms. The van der Waals surface area contributed by atoms with Crippen LogP contribution >= 0.6 is 11.3 Å². The number of halogens is 1. The number of Topliss-reactive ketones (excluding diaryl/α,β-unsaturated/α-hetero) is 1. The first-order chi connectivity index (χ1) is 10.1. The van der Waals surface area contributed by atoms with E-state index >= 15 is 0 Å². The largest absolute Gasteiger partial charge is 0.450 e. The number of esters is 1. The second-order valence-corrected chi connectivity index (χ2v) is 6.33. The summed E-state index contributed by atoms with van der Waals surface area (Å²) in [4.78, 5) is 24.4. The minimum absolute atomic E-state index is 0.0143. The van der Waals surface area contributed by atoms with Gasteiger partial charge in [-0.05, 0) is 43.9 Å². The molecule has 5 heteroatoms. The number of fused-ring (bicyclic) bond motifs is 1. The topological polar surface area (TPSA) is 43.4 Å². The molecule has 1 aliphatic rings. The second-order valence-electron chi connectivity index (χ2n) is 5.28. The molecule has 0 amide bonds. The summed E-state index contributed by atoms with van der Waals surface area (Å²) in [6, 6.07) is 4.77. The average Bonchev–Trinajstić information content (AvgIpc) is 2.80. The lowest BCUT2D eigenvalue weighted by Gasteiger charge is -2.20. The summed E-state index contributed by atoms with van der Waals surface area (Å²) < 4.78 is 19.9. The predicted molar refractivity (Wildman–Crippen MR) is 79.2 cm³/mol. The normalized spacial score (nSPS) is 19.0. The zero-order chi connectivity index (χ0) is 15.0. The number of hydrogen-bond donors (Lipinski definition) is 0. The highest BCUT2D eigenvalue weighted by molar-refractivity contribution is 7.21. The molecule has 0 unspecified atom stereocenters. The molecule has 1 aliphatic carbocycles. The van der Waals surface area contributed by atoms with Crippen molar-refractivity contribution in [3.8, 4) is 0 Å². The van der Waals surface area contributed by atoms with Crippen LogP contribution in [0.2, 0.25) is 0 Å². The van der Waals surface area contributed by atoms with Crippen LogP contribution in [0.1, 0.15) is 40.9 Å². The molecule has 1 fully saturated rings. The number of aryl methyl sites for hydroxylation is 1. The van der Waals surface area contributed by atoms with E-state index in [-0.39, 0.29) is 11.6 Å². The van der Waals surface area contributed by atoms with Crippen LogP contribution in [0.5, 0.6) is 0 Å². The van der Waals surface area contributed by atoms with E-state index in [4.69, 9.17) is 4.74 Å². The van der Waals surface area contributed by atoms with Crippen molar-refractivity contribution in [2.75, 3.05) is 0 Å². The van der Waals surface area contributed by atoms with Gasteiger partial charge in [-0.3, -0.25) is 4.79 Å². The Bertz CT molecular complexity index is 720. The molecule has 0 saturated heterocycles. The minimum Gasteiger partial charge on any atom is -0.450 e. The molecular formula is C16H15FO3S. The molecule has 0 aliphatic heterocycles. The van der Waals surface area contributed by atoms with Crippen molar-refractivity contribution in [1.29, 1.82) is 0 Å². The minimum atomic E-state index is -0.638. The summed E-state index contributed by atoms with van der Waals surface area (Å²) in [7, 11) is 0. The standard InChI is InChI=1S/C16H15FO3S/c1-9-14-10(17)5-4-8-13(14)21-15(9)16(19)20-12-7-3-2-6-11(12)18/h4-5,8,12H,2-3,6-7H2,1H3/t12-/m0/s1. The van der Waals surface area contributed by atoms with Crippen molar-refractivity contribution in [2.24, 2.45) is 0 Å². The first-order valence-electron chi connectivity index (χ1n) is 6.99. The van der Waals surface area contributed by atoms with Crippen molar-refractivity contribution in [2.45, 2.75) is 38.7 Å². The van der Waals surface area contributed by atoms with Gasteiger partial charge in [0.05, 0.1) is 0 Å². The maximum atomic E-state index is 13.8. The molecule has 3 rings (SSSR count). The number of benzene rings is 1. The Morgan fingerprint density at radius 3 is 2.90 bits per heavy atom. The summed E-state index contributed by atoms with van der Waals surface area (Å²) in [5.41, 5.74) is 0.585. The Kier molecular flexibility index (Phi) is 3.76. The fraction of sp³-hybridized carbons (Fsp3) is 0.375. The van der Waals surface area contributed by atoms with E-state index in [2.05, 4.69) is 0 Å². The second kappa shape index (κ2) is 5.56. The smallest absolute Gasteiger partial charge is 0.349 e. The van der Waals surface area contributed by atoms with Gasteiger partial charge in [0, 0.05) is 16.5 Å². The monoisotopic (exact) mass is 306 g/mol. The maximum absolute atomic E-state index is 13.8. The molecule has 1 saturated carbocycles. The van der Waals surface area contributed by atoms with E-state index < -0.39 is 12.1 Å². The van der Waals surface area contributed by atoms with E-state index in [1.165, 1.54) is 17.4 Å². The fourth-order valence-electron chi connectivity index (χ4n) is 2.71. The summed E-state index contributed by atoms with van der Waals surface area (Å²) in [5, 5.41) is 0.462. The number of ether oxygens (including phenoxy) is 1. The van der Waals surface area contributed by atoms with E-state index in [1.54, 1.807) is 19.1 Å². The summed E-state index contributed by atoms with van der Waals surface area (Å²) in [5.74, 6) is -0.873. The van der Waals surface area contributed by atoms with Crippen molar-refractivity contribution < 1.29 is 18.7 Å². The van der Waals surface area contributed by atoms with E-state index in [9.17, 15) is 14.0 Å². The quantitative estimate of drug-likeness (QED) is 0.787. The van der Waals surface area contributed by atoms with Gasteiger partial charge in [-0.1, -0.05) is 6.07 Å². The van der Waals surface area contributed by atoms with E-state index in [0.29, 0.717) is 28.7 Å². The van der Waals surface area contributed by atoms with Crippen molar-refractivity contribution in [3.05, 3.63) is 34.5 Å². The van der Waals surface area contributed by atoms with Gasteiger partial charge in [-0.15, -0.1) is 11.3 Å². The van der Waals surface area contributed by atoms with Crippen LogP contribution in [0, 0.1) is 12.7 Å². The lowest BCUT2D eigenvalue weighted by atomic mass is 9.96. The third-order valence-corrected chi connectivity index (χ3v) is 5.07. The number of carbonyl (C=O) groups is 2. The third-order valence-electron chi connectivity index (χ3n) is 3.84. The molecule has 3 nitrogen and oxygen atoms in total. The molecular weight excluding hydrogens is 291 g/mol. The molecule has 1 heterocycles. The SMILES string of the molecule is Cc1c(C(=O)O[C@H]2CCCCC2=O)sc2cccc(F)c12. The van der Waals surface area contributed by atoms with Crippen LogP contribution in [-0.2, 0) is 9.53 Å². The molecule has 110 valence electrons. The predicted octanol–water partition coefficient (Wildman–Crippen LogP) is 4.02. The third kappa shape index (κ3) is 2.58. The van der Waals surface area contributed by atoms with Gasteiger partial charge in [0.15, 0.2) is 11.9 Å². The Morgan fingerprint density at radius 2 is 2.19 bits per heavy atom. The zero-order valence-corrected chi connectivity index (χ0v) is 12.5. The number of carbonyl (C=O) groups excluding carboxylic acids is 2. The van der Waals surface area contributed by atoms with Gasteiger partial charge < -0.3 is 4.74 Å². The van der Waals surface area contributed by atoms with Gasteiger partial charge in [0.25, 0.3) is 0 Å². The van der Waals surface area contributed by atoms with Crippen LogP contribution in [-0.4, -0.2) is 17.9 Å². The van der Waals surface area contributed by atoms with Crippen LogP contribution in [0.4, 0.5) is 4.39 Å². The fourth-order valence-corrected chi connectivity index (χ4v) is 3.81. The van der Waals surface area contributed by atoms with Crippen LogP contribution < -0.4 is 0 Å². The van der Waals surface area contributed by atoms with Crippen molar-refractivity contribution >= 4 is 33.2 Å². The highest BCUT2D eigenvalue weighted by Crippen LogP contribution is 2.33. The number of hydrogen-bond acceptors (Lipinski definition) is 4. The summed E-state index contributed by atoms with van der Waals surface area (Å²) in [6.07, 6.45) is 2.17. The molecule has 0 bridgehead atoms. The molecule has 0 radical (unpaired) electrons. The first-order valence-corrected chi connectivity index (χ1v) is 7.81. The van der Waals surface area contributed by atoms with Gasteiger partial charge in [-0.2, -0.15) is 0 Å². The molecule has 0 N–H and O–H groups in total. The molecule has 1 aromatic heterocycles. The summed E-state index contributed by atoms with van der Waals surface area (Å²) in [6.45, 7) is 1.71. The van der Waals surface area contributed by atoms with Gasteiger partial charge in [0.1, 0.15) is 10.7 Å². The number of thiophene rings is 1. The molecule has 1 atom stereocenters. The van der Waals surface area contributed by atoms with Gasteiger partial charge in [-0.25, -0.2) is 9.18 Å². The maximum Gasteiger partial charge on any atom is 0.349 e. The highest BCUT2D eigenvalue weighted by Gasteiger charge is 2.28. The molecule has 1 aromatic carbocycles. The Balaban J connectivity index is 1.89. The number of rotatable bonds is 2. The molecule has 2 aromatic rings. The van der Waals surface area contributed by atoms with Crippen molar-refractivity contribution in [1.82, 2.24) is 0 Å². The van der Waals surface area contributed by atoms with Gasteiger partial charge in [0.2, 0.25) is 0 Å². The van der Waals surface area contributed by atoms with E-state index in [1.807, 2.05) is 0 Å².